The van der Waals surface area contributed by atoms with Crippen LogP contribution in [-0.2, 0) is 0 Å². The fraction of sp³-hybridized carbons (Fsp3) is 0.391. The van der Waals surface area contributed by atoms with Crippen LogP contribution >= 0.6 is 0 Å². The first kappa shape index (κ1) is 18.7. The average Bonchev–Trinajstić information content (AvgIpc) is 3.23. The van der Waals surface area contributed by atoms with Gasteiger partial charge < -0.3 is 14.8 Å². The summed E-state index contributed by atoms with van der Waals surface area (Å²) in [5.74, 6) is 0.330. The summed E-state index contributed by atoms with van der Waals surface area (Å²) in [5.41, 5.74) is 3.26. The molecule has 2 aromatic heterocycles. The second kappa shape index (κ2) is 8.15. The van der Waals surface area contributed by atoms with Crippen molar-refractivity contribution in [3.05, 3.63) is 54.4 Å². The zero-order valence-corrected chi connectivity index (χ0v) is 16.1. The summed E-state index contributed by atoms with van der Waals surface area (Å²) in [5, 5.41) is 14.1. The molecule has 1 fully saturated rings. The molecule has 0 aliphatic heterocycles. The highest BCUT2D eigenvalue weighted by atomic mass is 16.3. The first-order valence-electron chi connectivity index (χ1n) is 10.1. The van der Waals surface area contributed by atoms with Crippen molar-refractivity contribution in [2.24, 2.45) is 5.92 Å². The number of aromatic nitrogens is 1. The van der Waals surface area contributed by atoms with E-state index in [2.05, 4.69) is 10.3 Å². The zero-order valence-electron chi connectivity index (χ0n) is 16.1. The van der Waals surface area contributed by atoms with Gasteiger partial charge in [0.25, 0.3) is 5.91 Å². The van der Waals surface area contributed by atoms with E-state index in [-0.39, 0.29) is 18.1 Å². The van der Waals surface area contributed by atoms with Crippen molar-refractivity contribution in [3.8, 4) is 11.3 Å². The lowest BCUT2D eigenvalue weighted by Crippen LogP contribution is -2.39. The van der Waals surface area contributed by atoms with Gasteiger partial charge in [0.15, 0.2) is 0 Å². The molecule has 4 rings (SSSR count). The van der Waals surface area contributed by atoms with Crippen molar-refractivity contribution < 1.29 is 14.3 Å². The number of furan rings is 1. The van der Waals surface area contributed by atoms with E-state index in [9.17, 15) is 9.90 Å². The van der Waals surface area contributed by atoms with Crippen LogP contribution in [0, 0.1) is 5.92 Å². The predicted molar refractivity (Wildman–Crippen MR) is 109 cm³/mol. The summed E-state index contributed by atoms with van der Waals surface area (Å²) in [6.45, 7) is 2.02. The van der Waals surface area contributed by atoms with Crippen LogP contribution in [0.2, 0.25) is 0 Å². The zero-order chi connectivity index (χ0) is 19.5. The first-order chi connectivity index (χ1) is 13.7. The Kier molecular flexibility index (Phi) is 5.44. The summed E-state index contributed by atoms with van der Waals surface area (Å²) < 4.78 is 5.44. The fourth-order valence-electron chi connectivity index (χ4n) is 4.15. The minimum absolute atomic E-state index is 0.0412. The van der Waals surface area contributed by atoms with Gasteiger partial charge in [-0.2, -0.15) is 0 Å². The Morgan fingerprint density at radius 3 is 2.64 bits per heavy atom. The van der Waals surface area contributed by atoms with Crippen molar-refractivity contribution in [2.45, 2.75) is 51.2 Å². The quantitative estimate of drug-likeness (QED) is 0.683. The van der Waals surface area contributed by atoms with Crippen LogP contribution in [0.3, 0.4) is 0 Å². The number of hydrogen-bond acceptors (Lipinski definition) is 4. The average molecular weight is 378 g/mol. The maximum absolute atomic E-state index is 12.6. The van der Waals surface area contributed by atoms with Crippen molar-refractivity contribution in [3.63, 3.8) is 0 Å². The highest BCUT2D eigenvalue weighted by Gasteiger charge is 2.26. The monoisotopic (exact) mass is 378 g/mol. The number of nitrogens with one attached hydrogen (secondary N) is 1. The maximum Gasteiger partial charge on any atom is 0.251 e. The summed E-state index contributed by atoms with van der Waals surface area (Å²) >= 11 is 0. The fourth-order valence-corrected chi connectivity index (χ4v) is 4.15. The number of hydrogen-bond donors (Lipinski definition) is 2. The Labute approximate surface area is 164 Å². The van der Waals surface area contributed by atoms with Crippen molar-refractivity contribution in [1.29, 1.82) is 0 Å². The lowest BCUT2D eigenvalue weighted by Gasteiger charge is -2.31. The Balaban J connectivity index is 1.40. The number of aliphatic hydroxyl groups excluding tert-OH is 1. The van der Waals surface area contributed by atoms with E-state index in [1.807, 2.05) is 43.3 Å². The van der Waals surface area contributed by atoms with Crippen LogP contribution in [0.15, 0.2) is 53.3 Å². The Morgan fingerprint density at radius 1 is 1.18 bits per heavy atom. The molecule has 1 aliphatic carbocycles. The van der Waals surface area contributed by atoms with E-state index < -0.39 is 0 Å². The van der Waals surface area contributed by atoms with Gasteiger partial charge in [0.2, 0.25) is 0 Å². The molecule has 5 heteroatoms. The number of amides is 1. The molecule has 0 spiro atoms. The van der Waals surface area contributed by atoms with Crippen molar-refractivity contribution >= 4 is 16.9 Å². The predicted octanol–water partition coefficient (Wildman–Crippen LogP) is 4.55. The summed E-state index contributed by atoms with van der Waals surface area (Å²) in [6, 6.07) is 11.5. The van der Waals surface area contributed by atoms with E-state index >= 15 is 0 Å². The second-order valence-corrected chi connectivity index (χ2v) is 7.63. The van der Waals surface area contributed by atoms with Gasteiger partial charge in [0, 0.05) is 28.8 Å². The van der Waals surface area contributed by atoms with E-state index in [0.717, 1.165) is 54.3 Å². The normalized spacial score (nSPS) is 20.8. The third-order valence-electron chi connectivity index (χ3n) is 5.87. The van der Waals surface area contributed by atoms with Gasteiger partial charge in [-0.25, -0.2) is 0 Å². The van der Waals surface area contributed by atoms with Gasteiger partial charge in [0.05, 0.1) is 18.1 Å². The standard InChI is InChI=1S/C23H26N2O3/c1-2-20(26)15-7-9-18(10-8-15)25-23(27)17-5-3-16(4-6-17)22-19-12-14-28-21(19)11-13-24-22/h3-6,11-15,18,20,26H,2,7-10H2,1H3,(H,25,27)/t15-,18-,20?. The number of carbonyl (C=O) groups is 1. The number of pyridine rings is 1. The summed E-state index contributed by atoms with van der Waals surface area (Å²) in [7, 11) is 0. The lowest BCUT2D eigenvalue weighted by molar-refractivity contribution is 0.0717. The van der Waals surface area contributed by atoms with Crippen LogP contribution in [0.5, 0.6) is 0 Å². The van der Waals surface area contributed by atoms with Crippen molar-refractivity contribution in [1.82, 2.24) is 10.3 Å². The van der Waals surface area contributed by atoms with E-state index in [4.69, 9.17) is 4.42 Å². The van der Waals surface area contributed by atoms with Gasteiger partial charge >= 0.3 is 0 Å². The van der Waals surface area contributed by atoms with Gasteiger partial charge in [-0.15, -0.1) is 0 Å². The molecule has 1 unspecified atom stereocenters. The van der Waals surface area contributed by atoms with Crippen LogP contribution in [0.25, 0.3) is 22.2 Å². The topological polar surface area (TPSA) is 75.4 Å². The highest BCUT2D eigenvalue weighted by Crippen LogP contribution is 2.29. The molecule has 2 heterocycles. The SMILES string of the molecule is CCC(O)[C@H]1CC[C@H](NC(=O)c2ccc(-c3nccc4occc34)cc2)CC1. The van der Waals surface area contributed by atoms with E-state index in [1.54, 1.807) is 12.5 Å². The minimum Gasteiger partial charge on any atom is -0.464 e. The Morgan fingerprint density at radius 2 is 1.93 bits per heavy atom. The summed E-state index contributed by atoms with van der Waals surface area (Å²) in [6.07, 6.45) is 7.78. The number of carbonyl (C=O) groups excluding carboxylic acids is 1. The molecule has 1 amide bonds. The molecule has 1 saturated carbocycles. The van der Waals surface area contributed by atoms with E-state index in [0.29, 0.717) is 11.5 Å². The first-order valence-corrected chi connectivity index (χ1v) is 10.1. The van der Waals surface area contributed by atoms with Crippen LogP contribution < -0.4 is 5.32 Å². The smallest absolute Gasteiger partial charge is 0.251 e. The molecular weight excluding hydrogens is 352 g/mol. The van der Waals surface area contributed by atoms with Crippen LogP contribution in [-0.4, -0.2) is 28.1 Å². The molecule has 2 N–H and O–H groups in total. The van der Waals surface area contributed by atoms with Gasteiger partial charge in [-0.3, -0.25) is 9.78 Å². The molecule has 0 saturated heterocycles. The van der Waals surface area contributed by atoms with Gasteiger partial charge in [0.1, 0.15) is 5.58 Å². The Hall–Kier alpha value is -2.66. The number of fused-ring (bicyclic) bond motifs is 1. The van der Waals surface area contributed by atoms with Gasteiger partial charge in [-0.05, 0) is 62.3 Å². The number of nitrogens with zero attached hydrogens (tertiary/aromatic N) is 1. The molecule has 5 nitrogen and oxygen atoms in total. The largest absolute Gasteiger partial charge is 0.464 e. The maximum atomic E-state index is 12.6. The third kappa shape index (κ3) is 3.80. The lowest BCUT2D eigenvalue weighted by atomic mass is 9.82. The number of aliphatic hydroxyl groups is 1. The molecule has 0 radical (unpaired) electrons. The molecule has 1 aliphatic rings. The van der Waals surface area contributed by atoms with Gasteiger partial charge in [-0.1, -0.05) is 19.1 Å². The Bertz CT molecular complexity index is 940. The molecule has 0 bridgehead atoms. The molecule has 146 valence electrons. The number of benzene rings is 1. The number of rotatable bonds is 5. The van der Waals surface area contributed by atoms with Crippen LogP contribution in [0.4, 0.5) is 0 Å². The molecule has 1 aromatic carbocycles. The molecule has 28 heavy (non-hydrogen) atoms. The molecule has 3 aromatic rings. The van der Waals surface area contributed by atoms with Crippen LogP contribution in [0.1, 0.15) is 49.4 Å². The third-order valence-corrected chi connectivity index (χ3v) is 5.87. The molecule has 1 atom stereocenters. The summed E-state index contributed by atoms with van der Waals surface area (Å²) in [4.78, 5) is 17.1. The van der Waals surface area contributed by atoms with Crippen molar-refractivity contribution in [2.75, 3.05) is 0 Å². The molecular formula is C23H26N2O3. The van der Waals surface area contributed by atoms with E-state index in [1.165, 1.54) is 0 Å². The highest BCUT2D eigenvalue weighted by molar-refractivity contribution is 5.96. The minimum atomic E-state index is -0.211. The second-order valence-electron chi connectivity index (χ2n) is 7.63.